The van der Waals surface area contributed by atoms with Crippen LogP contribution in [-0.2, 0) is 10.3 Å². The summed E-state index contributed by atoms with van der Waals surface area (Å²) in [6.07, 6.45) is 0.0990. The number of aliphatic hydroxyl groups excluding tert-OH is 1. The van der Waals surface area contributed by atoms with Gasteiger partial charge in [-0.25, -0.2) is 0 Å². The second-order valence-electron chi connectivity index (χ2n) is 7.51. The lowest BCUT2D eigenvalue weighted by atomic mass is 9.93. The molecular formula is C19H32N2O2. The number of hydrogen-bond acceptors (Lipinski definition) is 4. The molecule has 1 aromatic carbocycles. The molecule has 1 aliphatic rings. The molecule has 0 bridgehead atoms. The van der Waals surface area contributed by atoms with Gasteiger partial charge in [-0.2, -0.15) is 0 Å². The summed E-state index contributed by atoms with van der Waals surface area (Å²) < 4.78 is 5.74. The van der Waals surface area contributed by atoms with Gasteiger partial charge in [-0.3, -0.25) is 4.90 Å². The number of aryl methyl sites for hydroxylation is 1. The molecule has 1 heterocycles. The monoisotopic (exact) mass is 320 g/mol. The fraction of sp³-hybridized carbons (Fsp3) is 0.684. The second-order valence-corrected chi connectivity index (χ2v) is 7.51. The minimum absolute atomic E-state index is 0.154. The maximum atomic E-state index is 10.4. The minimum atomic E-state index is -0.378. The first-order valence-corrected chi connectivity index (χ1v) is 8.64. The van der Waals surface area contributed by atoms with Gasteiger partial charge < -0.3 is 15.2 Å². The summed E-state index contributed by atoms with van der Waals surface area (Å²) >= 11 is 0. The van der Waals surface area contributed by atoms with Gasteiger partial charge in [0.25, 0.3) is 0 Å². The van der Waals surface area contributed by atoms with Gasteiger partial charge in [0.2, 0.25) is 0 Å². The van der Waals surface area contributed by atoms with E-state index >= 15 is 0 Å². The lowest BCUT2D eigenvalue weighted by Crippen LogP contribution is -2.50. The standard InChI is InChI=1S/C19H32N2O2/c1-14-7-6-8-17(9-14)19(4,5)20-10-18(22)13-21-11-15(2)23-16(3)12-21/h6-9,15-16,18,20,22H,10-13H2,1-5H3. The highest BCUT2D eigenvalue weighted by molar-refractivity contribution is 5.27. The third-order valence-electron chi connectivity index (χ3n) is 4.48. The van der Waals surface area contributed by atoms with Crippen LogP contribution in [0.15, 0.2) is 24.3 Å². The summed E-state index contributed by atoms with van der Waals surface area (Å²) in [6, 6.07) is 8.53. The first-order valence-electron chi connectivity index (χ1n) is 8.64. The first kappa shape index (κ1) is 18.4. The highest BCUT2D eigenvalue weighted by atomic mass is 16.5. The average Bonchev–Trinajstić information content (AvgIpc) is 2.44. The molecular weight excluding hydrogens is 288 g/mol. The van der Waals surface area contributed by atoms with E-state index in [9.17, 15) is 5.11 Å². The van der Waals surface area contributed by atoms with Crippen molar-refractivity contribution in [3.05, 3.63) is 35.4 Å². The van der Waals surface area contributed by atoms with Gasteiger partial charge in [0.1, 0.15) is 0 Å². The van der Waals surface area contributed by atoms with Gasteiger partial charge in [0.05, 0.1) is 18.3 Å². The fourth-order valence-corrected chi connectivity index (χ4v) is 3.30. The number of hydrogen-bond donors (Lipinski definition) is 2. The van der Waals surface area contributed by atoms with Crippen molar-refractivity contribution < 1.29 is 9.84 Å². The molecule has 1 saturated heterocycles. The van der Waals surface area contributed by atoms with E-state index < -0.39 is 0 Å². The minimum Gasteiger partial charge on any atom is -0.390 e. The van der Waals surface area contributed by atoms with Gasteiger partial charge in [-0.05, 0) is 40.2 Å². The molecule has 3 unspecified atom stereocenters. The summed E-state index contributed by atoms with van der Waals surface area (Å²) in [5.41, 5.74) is 2.35. The van der Waals surface area contributed by atoms with Crippen LogP contribution in [0.5, 0.6) is 0 Å². The lowest BCUT2D eigenvalue weighted by Gasteiger charge is -2.37. The van der Waals surface area contributed by atoms with E-state index in [0.717, 1.165) is 13.1 Å². The van der Waals surface area contributed by atoms with Crippen LogP contribution in [0.1, 0.15) is 38.8 Å². The molecule has 130 valence electrons. The van der Waals surface area contributed by atoms with Gasteiger partial charge in [-0.1, -0.05) is 29.8 Å². The Morgan fingerprint density at radius 2 is 1.96 bits per heavy atom. The third-order valence-corrected chi connectivity index (χ3v) is 4.48. The fourth-order valence-electron chi connectivity index (χ4n) is 3.30. The van der Waals surface area contributed by atoms with Crippen LogP contribution in [0.25, 0.3) is 0 Å². The maximum Gasteiger partial charge on any atom is 0.0791 e. The first-order chi connectivity index (χ1) is 10.8. The predicted molar refractivity (Wildman–Crippen MR) is 94.7 cm³/mol. The zero-order valence-corrected chi connectivity index (χ0v) is 15.2. The average molecular weight is 320 g/mol. The van der Waals surface area contributed by atoms with Crippen molar-refractivity contribution in [3.8, 4) is 0 Å². The number of morpholine rings is 1. The molecule has 0 spiro atoms. The van der Waals surface area contributed by atoms with Crippen LogP contribution in [0.2, 0.25) is 0 Å². The molecule has 0 aromatic heterocycles. The van der Waals surface area contributed by atoms with Crippen molar-refractivity contribution in [2.24, 2.45) is 0 Å². The number of aliphatic hydroxyl groups is 1. The van der Waals surface area contributed by atoms with Crippen LogP contribution < -0.4 is 5.32 Å². The molecule has 0 amide bonds. The molecule has 2 rings (SSSR count). The normalized spacial score (nSPS) is 24.6. The molecule has 0 saturated carbocycles. The van der Waals surface area contributed by atoms with Crippen molar-refractivity contribution in [1.29, 1.82) is 0 Å². The highest BCUT2D eigenvalue weighted by Gasteiger charge is 2.25. The van der Waals surface area contributed by atoms with Crippen LogP contribution in [0.4, 0.5) is 0 Å². The number of rotatable bonds is 6. The third kappa shape index (κ3) is 5.57. The molecule has 23 heavy (non-hydrogen) atoms. The molecule has 2 N–H and O–H groups in total. The largest absolute Gasteiger partial charge is 0.390 e. The number of ether oxygens (including phenoxy) is 1. The molecule has 0 radical (unpaired) electrons. The lowest BCUT2D eigenvalue weighted by molar-refractivity contribution is -0.0764. The van der Waals surface area contributed by atoms with Crippen LogP contribution in [0.3, 0.4) is 0 Å². The molecule has 0 aliphatic carbocycles. The summed E-state index contributed by atoms with van der Waals surface area (Å²) in [5.74, 6) is 0. The van der Waals surface area contributed by atoms with E-state index in [-0.39, 0.29) is 23.9 Å². The Kier molecular flexibility index (Phi) is 6.20. The van der Waals surface area contributed by atoms with E-state index in [1.165, 1.54) is 11.1 Å². The Balaban J connectivity index is 1.84. The summed E-state index contributed by atoms with van der Waals surface area (Å²) in [4.78, 5) is 2.30. The topological polar surface area (TPSA) is 44.7 Å². The van der Waals surface area contributed by atoms with Gasteiger partial charge in [0, 0.05) is 31.7 Å². The zero-order chi connectivity index (χ0) is 17.0. The summed E-state index contributed by atoms with van der Waals surface area (Å²) in [7, 11) is 0. The number of nitrogens with one attached hydrogen (secondary N) is 1. The molecule has 3 atom stereocenters. The molecule has 4 nitrogen and oxygen atoms in total. The van der Waals surface area contributed by atoms with Crippen molar-refractivity contribution >= 4 is 0 Å². The van der Waals surface area contributed by atoms with E-state index in [4.69, 9.17) is 4.74 Å². The number of β-amino-alcohol motifs (C(OH)–C–C–N with tert-alkyl or cyclic N) is 1. The highest BCUT2D eigenvalue weighted by Crippen LogP contribution is 2.21. The number of nitrogens with zero attached hydrogens (tertiary/aromatic N) is 1. The smallest absolute Gasteiger partial charge is 0.0791 e. The van der Waals surface area contributed by atoms with E-state index in [1.54, 1.807) is 0 Å². The van der Waals surface area contributed by atoms with Gasteiger partial charge in [0.15, 0.2) is 0 Å². The quantitative estimate of drug-likeness (QED) is 0.844. The zero-order valence-electron chi connectivity index (χ0n) is 15.2. The number of benzene rings is 1. The van der Waals surface area contributed by atoms with Gasteiger partial charge in [-0.15, -0.1) is 0 Å². The Labute approximate surface area is 140 Å². The van der Waals surface area contributed by atoms with Gasteiger partial charge >= 0.3 is 0 Å². The Morgan fingerprint density at radius 1 is 1.30 bits per heavy atom. The summed E-state index contributed by atoms with van der Waals surface area (Å²) in [6.45, 7) is 13.7. The Hall–Kier alpha value is -0.940. The van der Waals surface area contributed by atoms with Crippen molar-refractivity contribution in [2.75, 3.05) is 26.2 Å². The summed E-state index contributed by atoms with van der Waals surface area (Å²) in [5, 5.41) is 13.9. The van der Waals surface area contributed by atoms with E-state index in [1.807, 2.05) is 0 Å². The van der Waals surface area contributed by atoms with Crippen LogP contribution in [-0.4, -0.2) is 54.5 Å². The van der Waals surface area contributed by atoms with E-state index in [0.29, 0.717) is 13.1 Å². The van der Waals surface area contributed by atoms with Crippen LogP contribution in [0, 0.1) is 6.92 Å². The molecule has 1 fully saturated rings. The Morgan fingerprint density at radius 3 is 2.57 bits per heavy atom. The van der Waals surface area contributed by atoms with E-state index in [2.05, 4.69) is 69.1 Å². The molecule has 1 aliphatic heterocycles. The van der Waals surface area contributed by atoms with Crippen LogP contribution >= 0.6 is 0 Å². The molecule has 1 aromatic rings. The van der Waals surface area contributed by atoms with Crippen molar-refractivity contribution in [3.63, 3.8) is 0 Å². The Bertz CT molecular complexity index is 494. The maximum absolute atomic E-state index is 10.4. The predicted octanol–water partition coefficient (Wildman–Crippen LogP) is 2.29. The van der Waals surface area contributed by atoms with Crippen molar-refractivity contribution in [2.45, 2.75) is 58.5 Å². The van der Waals surface area contributed by atoms with Crippen molar-refractivity contribution in [1.82, 2.24) is 10.2 Å². The SMILES string of the molecule is Cc1cccc(C(C)(C)NCC(O)CN2CC(C)OC(C)C2)c1. The molecule has 4 heteroatoms. The second kappa shape index (κ2) is 7.75.